The largest absolute Gasteiger partial charge is 0.507 e. The van der Waals surface area contributed by atoms with Crippen LogP contribution in [0.25, 0.3) is 0 Å². The summed E-state index contributed by atoms with van der Waals surface area (Å²) in [6.45, 7) is 3.04. The van der Waals surface area contributed by atoms with Gasteiger partial charge >= 0.3 is 0 Å². The average Bonchev–Trinajstić information content (AvgIpc) is 3.46. The molecular formula is C33H39N3O12. The normalized spacial score (nSPS) is 32.5. The van der Waals surface area contributed by atoms with E-state index in [-0.39, 0.29) is 59.7 Å². The molecule has 2 aromatic rings. The van der Waals surface area contributed by atoms with E-state index in [1.54, 1.807) is 7.11 Å². The van der Waals surface area contributed by atoms with Crippen molar-refractivity contribution in [2.75, 3.05) is 40.5 Å². The number of hydrogen-bond donors (Lipinski definition) is 5. The van der Waals surface area contributed by atoms with Gasteiger partial charge in [0.1, 0.15) is 29.0 Å². The molecule has 3 aliphatic heterocycles. The third-order valence-electron chi connectivity index (χ3n) is 10.0. The number of aliphatic hydroxyl groups is 1. The number of nitrogens with one attached hydrogen (secondary N) is 1. The number of phenols is 2. The summed E-state index contributed by atoms with van der Waals surface area (Å²) in [4.78, 5) is 43.2. The topological polar surface area (TPSA) is 209 Å². The van der Waals surface area contributed by atoms with Crippen LogP contribution in [0.1, 0.15) is 68.8 Å². The van der Waals surface area contributed by atoms with Gasteiger partial charge in [-0.15, -0.1) is 0 Å². The van der Waals surface area contributed by atoms with Crippen molar-refractivity contribution in [2.45, 2.75) is 74.9 Å². The zero-order valence-corrected chi connectivity index (χ0v) is 26.8. The lowest BCUT2D eigenvalue weighted by Crippen LogP contribution is -2.55. The van der Waals surface area contributed by atoms with E-state index in [4.69, 9.17) is 34.2 Å². The highest BCUT2D eigenvalue weighted by Crippen LogP contribution is 2.53. The zero-order chi connectivity index (χ0) is 34.1. The van der Waals surface area contributed by atoms with Crippen molar-refractivity contribution in [1.82, 2.24) is 10.2 Å². The van der Waals surface area contributed by atoms with Crippen LogP contribution in [0.4, 0.5) is 0 Å². The summed E-state index contributed by atoms with van der Waals surface area (Å²) in [7, 11) is 2.90. The maximum atomic E-state index is 14.0. The molecule has 5 aliphatic rings. The standard InChI is InChI=1S/C33H39N3O12/c1-14-29-17(36-9-10-45-31(44-3)30(36)48-29)11-20(46-14)47-19-13-33(42,32(41)35-8-7-34)12-16-22(19)28(40)24-23(26(16)38)25(37)15-5-4-6-18(43-2)21(15)27(24)39/h4-6,14,17,19-20,29-31,38,40,42H,7-13,34H2,1-3H3,(H,35,41)/t14-,17-,19?,20-,29+,30+,31-,33?/m0/s1. The number of hydrogen-bond acceptors (Lipinski definition) is 14. The summed E-state index contributed by atoms with van der Waals surface area (Å²) in [5.74, 6) is -3.32. The Kier molecular flexibility index (Phi) is 8.44. The number of nitrogens with two attached hydrogens (primary N) is 1. The van der Waals surface area contributed by atoms with Crippen LogP contribution >= 0.6 is 0 Å². The molecule has 0 saturated carbocycles. The van der Waals surface area contributed by atoms with E-state index in [0.29, 0.717) is 19.6 Å². The number of morpholine rings is 1. The molecule has 258 valence electrons. The fraction of sp³-hybridized carbons (Fsp3) is 0.545. The van der Waals surface area contributed by atoms with Crippen molar-refractivity contribution >= 4 is 17.5 Å². The molecule has 3 fully saturated rings. The SMILES string of the molecule is COc1cccc2c1C(=O)c1c(O)c3c(c(O)c1C2=O)CC(O)(C(=O)NCCN)CC3O[C@H]1C[C@H]2[C@H](O[C@@H]3[C@@H](OC)OCCN32)[C@H](C)O1. The molecule has 6 N–H and O–H groups in total. The molecule has 2 aliphatic carbocycles. The molecule has 0 radical (unpaired) electrons. The number of carbonyl (C=O) groups excluding carboxylic acids is 3. The Balaban J connectivity index is 1.29. The van der Waals surface area contributed by atoms with Crippen LogP contribution in [-0.2, 0) is 34.9 Å². The summed E-state index contributed by atoms with van der Waals surface area (Å²) in [6.07, 6.45) is -4.54. The quantitative estimate of drug-likeness (QED) is 0.213. The Morgan fingerprint density at radius 3 is 2.62 bits per heavy atom. The van der Waals surface area contributed by atoms with E-state index >= 15 is 0 Å². The van der Waals surface area contributed by atoms with Crippen LogP contribution in [0, 0.1) is 0 Å². The van der Waals surface area contributed by atoms with Crippen molar-refractivity contribution in [2.24, 2.45) is 5.73 Å². The number of rotatable bonds is 7. The molecule has 0 bridgehead atoms. The molecule has 2 aromatic carbocycles. The fourth-order valence-electron chi connectivity index (χ4n) is 7.85. The van der Waals surface area contributed by atoms with Crippen LogP contribution < -0.4 is 15.8 Å². The molecule has 3 heterocycles. The highest BCUT2D eigenvalue weighted by atomic mass is 16.7. The van der Waals surface area contributed by atoms with Gasteiger partial charge in [-0.1, -0.05) is 12.1 Å². The van der Waals surface area contributed by atoms with Crippen molar-refractivity contribution in [3.8, 4) is 17.2 Å². The maximum absolute atomic E-state index is 14.0. The monoisotopic (exact) mass is 669 g/mol. The Hall–Kier alpha value is -3.67. The minimum absolute atomic E-state index is 0.0175. The molecule has 15 nitrogen and oxygen atoms in total. The second-order valence-corrected chi connectivity index (χ2v) is 12.7. The van der Waals surface area contributed by atoms with E-state index in [0.717, 1.165) is 0 Å². The van der Waals surface area contributed by atoms with Crippen LogP contribution in [0.15, 0.2) is 18.2 Å². The average molecular weight is 670 g/mol. The fourth-order valence-corrected chi connectivity index (χ4v) is 7.85. The first-order valence-corrected chi connectivity index (χ1v) is 16.0. The Morgan fingerprint density at radius 2 is 1.90 bits per heavy atom. The van der Waals surface area contributed by atoms with Gasteiger partial charge in [-0.25, -0.2) is 0 Å². The minimum Gasteiger partial charge on any atom is -0.507 e. The molecule has 1 amide bonds. The van der Waals surface area contributed by atoms with Gasteiger partial charge in [0.05, 0.1) is 42.6 Å². The van der Waals surface area contributed by atoms with E-state index in [1.807, 2.05) is 6.92 Å². The summed E-state index contributed by atoms with van der Waals surface area (Å²) in [5.41, 5.74) is 2.41. The smallest absolute Gasteiger partial charge is 0.252 e. The lowest BCUT2D eigenvalue weighted by Gasteiger charge is -2.43. The Bertz CT molecular complexity index is 1670. The summed E-state index contributed by atoms with van der Waals surface area (Å²) < 4.78 is 35.6. The number of carbonyl (C=O) groups is 3. The van der Waals surface area contributed by atoms with Gasteiger partial charge in [0, 0.05) is 68.7 Å². The van der Waals surface area contributed by atoms with Crippen molar-refractivity contribution in [1.29, 1.82) is 0 Å². The Labute approximate surface area is 275 Å². The number of aromatic hydroxyl groups is 2. The molecule has 0 spiro atoms. The van der Waals surface area contributed by atoms with E-state index < -0.39 is 83.1 Å². The second-order valence-electron chi connectivity index (χ2n) is 12.7. The van der Waals surface area contributed by atoms with Gasteiger partial charge in [0.25, 0.3) is 5.91 Å². The van der Waals surface area contributed by atoms with Gasteiger partial charge in [0.15, 0.2) is 24.6 Å². The van der Waals surface area contributed by atoms with Gasteiger partial charge in [-0.3, -0.25) is 19.3 Å². The number of benzene rings is 2. The molecule has 3 saturated heterocycles. The molecule has 0 aromatic heterocycles. The second kappa shape index (κ2) is 12.3. The molecule has 48 heavy (non-hydrogen) atoms. The van der Waals surface area contributed by atoms with Crippen LogP contribution in [0.5, 0.6) is 17.2 Å². The molecule has 15 heteroatoms. The third kappa shape index (κ3) is 4.99. The number of methoxy groups -OCH3 is 2. The van der Waals surface area contributed by atoms with E-state index in [2.05, 4.69) is 10.2 Å². The number of phenolic OH excluding ortho intramolecular Hbond substituents is 2. The van der Waals surface area contributed by atoms with Gasteiger partial charge in [-0.05, 0) is 13.0 Å². The van der Waals surface area contributed by atoms with Crippen molar-refractivity contribution in [3.63, 3.8) is 0 Å². The number of nitrogens with zero attached hydrogens (tertiary/aromatic N) is 1. The predicted octanol–water partition coefficient (Wildman–Crippen LogP) is 0.225. The van der Waals surface area contributed by atoms with Crippen LogP contribution in [0.2, 0.25) is 0 Å². The Morgan fingerprint density at radius 1 is 1.12 bits per heavy atom. The summed E-state index contributed by atoms with van der Waals surface area (Å²) in [6, 6.07) is 4.32. The lowest BCUT2D eigenvalue weighted by atomic mass is 9.72. The molecule has 8 atom stereocenters. The maximum Gasteiger partial charge on any atom is 0.252 e. The van der Waals surface area contributed by atoms with Crippen molar-refractivity contribution in [3.05, 3.63) is 51.6 Å². The van der Waals surface area contributed by atoms with E-state index in [1.165, 1.54) is 25.3 Å². The lowest BCUT2D eigenvalue weighted by molar-refractivity contribution is -0.256. The summed E-state index contributed by atoms with van der Waals surface area (Å²) >= 11 is 0. The van der Waals surface area contributed by atoms with Crippen LogP contribution in [0.3, 0.4) is 0 Å². The third-order valence-corrected chi connectivity index (χ3v) is 10.0. The number of fused-ring (bicyclic) bond motifs is 6. The van der Waals surface area contributed by atoms with E-state index in [9.17, 15) is 29.7 Å². The van der Waals surface area contributed by atoms with Gasteiger partial charge in [-0.2, -0.15) is 0 Å². The molecule has 2 unspecified atom stereocenters. The zero-order valence-electron chi connectivity index (χ0n) is 26.8. The first-order chi connectivity index (χ1) is 23.0. The number of ketones is 2. The molecular weight excluding hydrogens is 630 g/mol. The van der Waals surface area contributed by atoms with Gasteiger partial charge < -0.3 is 54.8 Å². The first kappa shape index (κ1) is 32.9. The van der Waals surface area contributed by atoms with Gasteiger partial charge in [0.2, 0.25) is 5.78 Å². The number of ether oxygens (including phenoxy) is 6. The predicted molar refractivity (Wildman–Crippen MR) is 164 cm³/mol. The molecule has 7 rings (SSSR count). The number of amides is 1. The highest BCUT2D eigenvalue weighted by Gasteiger charge is 2.55. The highest BCUT2D eigenvalue weighted by molar-refractivity contribution is 6.31. The minimum atomic E-state index is -2.14. The summed E-state index contributed by atoms with van der Waals surface area (Å²) in [5, 5.41) is 37.9. The van der Waals surface area contributed by atoms with Crippen molar-refractivity contribution < 1.29 is 58.1 Å². The van der Waals surface area contributed by atoms with Crippen LogP contribution in [-0.4, -0.2) is 121 Å². The first-order valence-electron chi connectivity index (χ1n) is 16.0.